The highest BCUT2D eigenvalue weighted by molar-refractivity contribution is 7.98. The third kappa shape index (κ3) is 4.68. The van der Waals surface area contributed by atoms with E-state index in [1.807, 2.05) is 18.4 Å². The number of hydrogen-bond acceptors (Lipinski definition) is 4. The third-order valence-electron chi connectivity index (χ3n) is 2.53. The van der Waals surface area contributed by atoms with Gasteiger partial charge in [-0.3, -0.25) is 4.79 Å². The first-order valence-electron chi connectivity index (χ1n) is 5.76. The van der Waals surface area contributed by atoms with Gasteiger partial charge in [0.15, 0.2) is 0 Å². The number of benzene rings is 1. The van der Waals surface area contributed by atoms with E-state index in [2.05, 4.69) is 5.32 Å². The Morgan fingerprint density at radius 2 is 2.11 bits per heavy atom. The van der Waals surface area contributed by atoms with Crippen LogP contribution in [0.4, 0.5) is 0 Å². The van der Waals surface area contributed by atoms with Crippen molar-refractivity contribution in [1.82, 2.24) is 5.32 Å². The predicted octanol–water partition coefficient (Wildman–Crippen LogP) is 1.54. The molecule has 0 aromatic heterocycles. The lowest BCUT2D eigenvalue weighted by molar-refractivity contribution is 0.0878. The molecule has 100 valence electrons. The summed E-state index contributed by atoms with van der Waals surface area (Å²) >= 11 is 1.63. The fraction of sp³-hybridized carbons (Fsp3) is 0.462. The van der Waals surface area contributed by atoms with E-state index in [4.69, 9.17) is 9.84 Å². The van der Waals surface area contributed by atoms with E-state index in [1.165, 1.54) is 0 Å². The maximum atomic E-state index is 11.9. The molecule has 0 aliphatic heterocycles. The molecule has 1 unspecified atom stereocenters. The van der Waals surface area contributed by atoms with Gasteiger partial charge in [-0.2, -0.15) is 0 Å². The smallest absolute Gasteiger partial charge is 0.251 e. The highest BCUT2D eigenvalue weighted by atomic mass is 32.2. The molecule has 0 fully saturated rings. The molecule has 1 aromatic rings. The Hall–Kier alpha value is -1.04. The Morgan fingerprint density at radius 3 is 2.61 bits per heavy atom. The molecule has 0 spiro atoms. The zero-order valence-electron chi connectivity index (χ0n) is 10.7. The van der Waals surface area contributed by atoms with E-state index in [1.54, 1.807) is 31.0 Å². The van der Waals surface area contributed by atoms with Gasteiger partial charge in [0.25, 0.3) is 5.91 Å². The molecule has 1 atom stereocenters. The van der Waals surface area contributed by atoms with Crippen LogP contribution in [0.5, 0.6) is 0 Å². The number of rotatable bonds is 7. The molecule has 4 nitrogen and oxygen atoms in total. The van der Waals surface area contributed by atoms with Gasteiger partial charge in [-0.15, -0.1) is 11.8 Å². The number of amides is 1. The van der Waals surface area contributed by atoms with Crippen molar-refractivity contribution in [3.05, 3.63) is 29.8 Å². The Balaban J connectivity index is 2.61. The molecular weight excluding hydrogens is 250 g/mol. The van der Waals surface area contributed by atoms with E-state index in [0.717, 1.165) is 4.90 Å². The second kappa shape index (κ2) is 8.13. The summed E-state index contributed by atoms with van der Waals surface area (Å²) in [5.41, 5.74) is 0.617. The fourth-order valence-corrected chi connectivity index (χ4v) is 1.97. The Morgan fingerprint density at radius 1 is 1.44 bits per heavy atom. The van der Waals surface area contributed by atoms with E-state index >= 15 is 0 Å². The molecule has 1 rings (SSSR count). The topological polar surface area (TPSA) is 58.6 Å². The van der Waals surface area contributed by atoms with Gasteiger partial charge < -0.3 is 15.2 Å². The van der Waals surface area contributed by atoms with E-state index in [-0.39, 0.29) is 18.6 Å². The van der Waals surface area contributed by atoms with Gasteiger partial charge in [-0.05, 0) is 36.9 Å². The molecule has 0 saturated heterocycles. The first-order valence-corrected chi connectivity index (χ1v) is 6.98. The zero-order chi connectivity index (χ0) is 13.4. The SMILES string of the molecule is COCC(CCO)NC(=O)c1ccc(SC)cc1. The van der Waals surface area contributed by atoms with Crippen LogP contribution in [0.1, 0.15) is 16.8 Å². The van der Waals surface area contributed by atoms with Crippen LogP contribution in [0, 0.1) is 0 Å². The van der Waals surface area contributed by atoms with Crippen LogP contribution >= 0.6 is 11.8 Å². The third-order valence-corrected chi connectivity index (χ3v) is 3.28. The van der Waals surface area contributed by atoms with E-state index in [9.17, 15) is 4.79 Å². The summed E-state index contributed by atoms with van der Waals surface area (Å²) in [6.45, 7) is 0.426. The van der Waals surface area contributed by atoms with Gasteiger partial charge >= 0.3 is 0 Å². The minimum absolute atomic E-state index is 0.0275. The first-order chi connectivity index (χ1) is 8.71. The fourth-order valence-electron chi connectivity index (χ4n) is 1.57. The summed E-state index contributed by atoms with van der Waals surface area (Å²) in [5, 5.41) is 11.7. The molecule has 1 amide bonds. The summed E-state index contributed by atoms with van der Waals surface area (Å²) in [6.07, 6.45) is 2.48. The summed E-state index contributed by atoms with van der Waals surface area (Å²) in [4.78, 5) is 13.1. The van der Waals surface area contributed by atoms with Gasteiger partial charge in [0, 0.05) is 24.2 Å². The number of carbonyl (C=O) groups excluding carboxylic acids is 1. The quantitative estimate of drug-likeness (QED) is 0.737. The molecule has 0 aliphatic carbocycles. The van der Waals surface area contributed by atoms with Crippen molar-refractivity contribution in [3.63, 3.8) is 0 Å². The zero-order valence-corrected chi connectivity index (χ0v) is 11.5. The molecule has 18 heavy (non-hydrogen) atoms. The van der Waals surface area contributed by atoms with Crippen molar-refractivity contribution in [1.29, 1.82) is 0 Å². The van der Waals surface area contributed by atoms with Crippen molar-refractivity contribution in [2.75, 3.05) is 26.6 Å². The number of aliphatic hydroxyl groups is 1. The molecule has 2 N–H and O–H groups in total. The van der Waals surface area contributed by atoms with Crippen LogP contribution in [0.2, 0.25) is 0 Å². The number of thioether (sulfide) groups is 1. The summed E-state index contributed by atoms with van der Waals surface area (Å²) < 4.78 is 5.00. The average Bonchev–Trinajstić information content (AvgIpc) is 2.39. The van der Waals surface area contributed by atoms with Crippen LogP contribution in [0.25, 0.3) is 0 Å². The van der Waals surface area contributed by atoms with Crippen molar-refractivity contribution in [2.45, 2.75) is 17.4 Å². The molecule has 0 bridgehead atoms. The van der Waals surface area contributed by atoms with Crippen molar-refractivity contribution >= 4 is 17.7 Å². The highest BCUT2D eigenvalue weighted by Gasteiger charge is 2.13. The number of carbonyl (C=O) groups is 1. The van der Waals surface area contributed by atoms with Crippen molar-refractivity contribution < 1.29 is 14.6 Å². The largest absolute Gasteiger partial charge is 0.396 e. The molecule has 0 heterocycles. The van der Waals surface area contributed by atoms with Gasteiger partial charge in [-0.1, -0.05) is 0 Å². The van der Waals surface area contributed by atoms with Gasteiger partial charge in [-0.25, -0.2) is 0 Å². The molecule has 0 radical (unpaired) electrons. The number of ether oxygens (including phenoxy) is 1. The maximum Gasteiger partial charge on any atom is 0.251 e. The molecule has 0 aliphatic rings. The predicted molar refractivity (Wildman–Crippen MR) is 73.1 cm³/mol. The molecular formula is C13H19NO3S. The standard InChI is InChI=1S/C13H19NO3S/c1-17-9-11(7-8-15)14-13(16)10-3-5-12(18-2)6-4-10/h3-6,11,15H,7-9H2,1-2H3,(H,14,16). The number of aliphatic hydroxyl groups excluding tert-OH is 1. The van der Waals surface area contributed by atoms with Gasteiger partial charge in [0.2, 0.25) is 0 Å². The second-order valence-corrected chi connectivity index (χ2v) is 4.75. The lowest BCUT2D eigenvalue weighted by atomic mass is 10.1. The number of nitrogens with one attached hydrogen (secondary N) is 1. The Kier molecular flexibility index (Phi) is 6.78. The minimum atomic E-state index is -0.160. The van der Waals surface area contributed by atoms with E-state index < -0.39 is 0 Å². The Bertz CT molecular complexity index is 361. The van der Waals surface area contributed by atoms with Crippen molar-refractivity contribution in [2.24, 2.45) is 0 Å². The first kappa shape index (κ1) is 15.0. The molecule has 5 heteroatoms. The summed E-state index contributed by atoms with van der Waals surface area (Å²) in [5.74, 6) is -0.141. The summed E-state index contributed by atoms with van der Waals surface area (Å²) in [7, 11) is 1.57. The van der Waals surface area contributed by atoms with Gasteiger partial charge in [0.1, 0.15) is 0 Å². The minimum Gasteiger partial charge on any atom is -0.396 e. The lowest BCUT2D eigenvalue weighted by Gasteiger charge is -2.16. The van der Waals surface area contributed by atoms with Crippen LogP contribution in [-0.2, 0) is 4.74 Å². The van der Waals surface area contributed by atoms with Gasteiger partial charge in [0.05, 0.1) is 12.6 Å². The normalized spacial score (nSPS) is 12.2. The van der Waals surface area contributed by atoms with E-state index in [0.29, 0.717) is 18.6 Å². The maximum absolute atomic E-state index is 11.9. The van der Waals surface area contributed by atoms with Crippen LogP contribution in [0.3, 0.4) is 0 Å². The van der Waals surface area contributed by atoms with Crippen LogP contribution in [-0.4, -0.2) is 43.6 Å². The van der Waals surface area contributed by atoms with Crippen molar-refractivity contribution in [3.8, 4) is 0 Å². The monoisotopic (exact) mass is 269 g/mol. The Labute approximate surface area is 112 Å². The number of methoxy groups -OCH3 is 1. The second-order valence-electron chi connectivity index (χ2n) is 3.87. The summed E-state index contributed by atoms with van der Waals surface area (Å²) in [6, 6.07) is 7.26. The molecule has 1 aromatic carbocycles. The number of hydrogen-bond donors (Lipinski definition) is 2. The van der Waals surface area contributed by atoms with Crippen LogP contribution in [0.15, 0.2) is 29.2 Å². The van der Waals surface area contributed by atoms with Crippen LogP contribution < -0.4 is 5.32 Å². The molecule has 0 saturated carbocycles. The lowest BCUT2D eigenvalue weighted by Crippen LogP contribution is -2.38. The highest BCUT2D eigenvalue weighted by Crippen LogP contribution is 2.14. The average molecular weight is 269 g/mol.